The summed E-state index contributed by atoms with van der Waals surface area (Å²) in [5.74, 6) is 0.236. The average molecular weight is 319 g/mol. The van der Waals surface area contributed by atoms with E-state index in [2.05, 4.69) is 47.4 Å². The highest BCUT2D eigenvalue weighted by Gasteiger charge is 2.29. The van der Waals surface area contributed by atoms with E-state index in [0.29, 0.717) is 6.04 Å². The molecule has 124 valence electrons. The van der Waals surface area contributed by atoms with Crippen LogP contribution in [0.5, 0.6) is 0 Å². The lowest BCUT2D eigenvalue weighted by atomic mass is 10.0. The van der Waals surface area contributed by atoms with E-state index in [1.165, 1.54) is 29.5 Å². The summed E-state index contributed by atoms with van der Waals surface area (Å²) in [5, 5.41) is 0. The first-order chi connectivity index (χ1) is 11.8. The Morgan fingerprint density at radius 2 is 1.83 bits per heavy atom. The summed E-state index contributed by atoms with van der Waals surface area (Å²) in [7, 11) is 0. The lowest BCUT2D eigenvalue weighted by molar-refractivity contribution is 0.0730. The quantitative estimate of drug-likeness (QED) is 0.817. The molecule has 2 nitrogen and oxygen atoms in total. The molecule has 2 aromatic rings. The molecule has 1 aliphatic carbocycles. The molecule has 1 atom stereocenters. The minimum Gasteiger partial charge on any atom is -0.336 e. The van der Waals surface area contributed by atoms with Crippen molar-refractivity contribution in [3.05, 3.63) is 70.8 Å². The average Bonchev–Trinajstić information content (AvgIpc) is 3.28. The van der Waals surface area contributed by atoms with Gasteiger partial charge in [-0.05, 0) is 73.8 Å². The van der Waals surface area contributed by atoms with Crippen LogP contribution in [-0.2, 0) is 19.3 Å². The zero-order chi connectivity index (χ0) is 16.4. The van der Waals surface area contributed by atoms with Gasteiger partial charge in [0, 0.05) is 18.2 Å². The summed E-state index contributed by atoms with van der Waals surface area (Å²) in [6.45, 7) is 0.912. The standard InChI is InChI=1S/C22H25NO/c24-22(20-13-12-18-8-4-9-19(18)16-20)23-15-5-10-21(23)14-11-17-6-2-1-3-7-17/h1-3,6-7,12-13,16,21H,4-5,8-11,14-15H2/t21-/m1/s1. The van der Waals surface area contributed by atoms with E-state index in [0.717, 1.165) is 44.2 Å². The van der Waals surface area contributed by atoms with Crippen LogP contribution >= 0.6 is 0 Å². The van der Waals surface area contributed by atoms with Crippen LogP contribution in [0.2, 0.25) is 0 Å². The van der Waals surface area contributed by atoms with E-state index in [1.54, 1.807) is 0 Å². The molecule has 0 unspecified atom stereocenters. The highest BCUT2D eigenvalue weighted by atomic mass is 16.2. The molecule has 2 heteroatoms. The fraction of sp³-hybridized carbons (Fsp3) is 0.409. The highest BCUT2D eigenvalue weighted by Crippen LogP contribution is 2.27. The third-order valence-corrected chi connectivity index (χ3v) is 5.59. The molecular weight excluding hydrogens is 294 g/mol. The smallest absolute Gasteiger partial charge is 0.254 e. The molecular formula is C22H25NO. The van der Waals surface area contributed by atoms with Crippen LogP contribution in [0.25, 0.3) is 0 Å². The van der Waals surface area contributed by atoms with Crippen molar-refractivity contribution in [3.63, 3.8) is 0 Å². The van der Waals surface area contributed by atoms with Crippen molar-refractivity contribution < 1.29 is 4.79 Å². The fourth-order valence-corrected chi connectivity index (χ4v) is 4.25. The van der Waals surface area contributed by atoms with Gasteiger partial charge in [0.05, 0.1) is 0 Å². The lowest BCUT2D eigenvalue weighted by Gasteiger charge is -2.25. The number of carbonyl (C=O) groups excluding carboxylic acids is 1. The third-order valence-electron chi connectivity index (χ3n) is 5.59. The number of likely N-dealkylation sites (tertiary alicyclic amines) is 1. The topological polar surface area (TPSA) is 20.3 Å². The Hall–Kier alpha value is -2.09. The summed E-state index contributed by atoms with van der Waals surface area (Å²) < 4.78 is 0. The van der Waals surface area contributed by atoms with E-state index in [1.807, 2.05) is 6.07 Å². The van der Waals surface area contributed by atoms with Crippen molar-refractivity contribution in [1.82, 2.24) is 4.90 Å². The molecule has 24 heavy (non-hydrogen) atoms. The molecule has 1 amide bonds. The predicted octanol–water partition coefficient (Wildman–Crippen LogP) is 4.41. The molecule has 1 heterocycles. The van der Waals surface area contributed by atoms with Crippen LogP contribution in [0.15, 0.2) is 48.5 Å². The van der Waals surface area contributed by atoms with Crippen molar-refractivity contribution in [2.75, 3.05) is 6.54 Å². The predicted molar refractivity (Wildman–Crippen MR) is 97.3 cm³/mol. The second-order valence-electron chi connectivity index (χ2n) is 7.16. The second kappa shape index (κ2) is 6.80. The summed E-state index contributed by atoms with van der Waals surface area (Å²) in [6, 6.07) is 17.4. The molecule has 4 rings (SSSR count). The van der Waals surface area contributed by atoms with Crippen molar-refractivity contribution in [2.24, 2.45) is 0 Å². The monoisotopic (exact) mass is 319 g/mol. The first kappa shape index (κ1) is 15.4. The Balaban J connectivity index is 1.45. The molecule has 0 radical (unpaired) electrons. The van der Waals surface area contributed by atoms with Crippen LogP contribution in [0.1, 0.15) is 52.7 Å². The minimum absolute atomic E-state index is 0.236. The first-order valence-corrected chi connectivity index (χ1v) is 9.28. The number of fused-ring (bicyclic) bond motifs is 1. The van der Waals surface area contributed by atoms with Crippen molar-refractivity contribution in [1.29, 1.82) is 0 Å². The number of hydrogen-bond acceptors (Lipinski definition) is 1. The number of carbonyl (C=O) groups is 1. The molecule has 1 aliphatic heterocycles. The molecule has 2 aliphatic rings. The molecule has 2 aromatic carbocycles. The maximum absolute atomic E-state index is 13.0. The Morgan fingerprint density at radius 1 is 1.00 bits per heavy atom. The number of aryl methyl sites for hydroxylation is 3. The van der Waals surface area contributed by atoms with Gasteiger partial charge in [0.15, 0.2) is 0 Å². The van der Waals surface area contributed by atoms with Gasteiger partial charge in [-0.2, -0.15) is 0 Å². The number of nitrogens with zero attached hydrogens (tertiary/aromatic N) is 1. The Morgan fingerprint density at radius 3 is 2.71 bits per heavy atom. The van der Waals surface area contributed by atoms with Crippen LogP contribution in [0, 0.1) is 0 Å². The normalized spacial score (nSPS) is 19.5. The van der Waals surface area contributed by atoms with Crippen LogP contribution in [0.4, 0.5) is 0 Å². The second-order valence-corrected chi connectivity index (χ2v) is 7.16. The van der Waals surface area contributed by atoms with Gasteiger partial charge >= 0.3 is 0 Å². The van der Waals surface area contributed by atoms with Gasteiger partial charge in [-0.1, -0.05) is 36.4 Å². The maximum atomic E-state index is 13.0. The number of amides is 1. The summed E-state index contributed by atoms with van der Waals surface area (Å²) in [5.41, 5.74) is 5.09. The lowest BCUT2D eigenvalue weighted by Crippen LogP contribution is -2.35. The summed E-state index contributed by atoms with van der Waals surface area (Å²) >= 11 is 0. The van der Waals surface area contributed by atoms with E-state index in [4.69, 9.17) is 0 Å². The Kier molecular flexibility index (Phi) is 4.38. The van der Waals surface area contributed by atoms with E-state index in [9.17, 15) is 4.79 Å². The summed E-state index contributed by atoms with van der Waals surface area (Å²) in [4.78, 5) is 15.1. The molecule has 0 aromatic heterocycles. The minimum atomic E-state index is 0.236. The van der Waals surface area contributed by atoms with Gasteiger partial charge in [-0.15, -0.1) is 0 Å². The molecule has 0 spiro atoms. The number of rotatable bonds is 4. The van der Waals surface area contributed by atoms with Crippen LogP contribution in [0.3, 0.4) is 0 Å². The van der Waals surface area contributed by atoms with E-state index < -0.39 is 0 Å². The number of benzene rings is 2. The van der Waals surface area contributed by atoms with Gasteiger partial charge in [-0.25, -0.2) is 0 Å². The molecule has 0 bridgehead atoms. The SMILES string of the molecule is O=C(c1ccc2c(c1)CCC2)N1CCC[C@@H]1CCc1ccccc1. The van der Waals surface area contributed by atoms with Crippen molar-refractivity contribution >= 4 is 5.91 Å². The molecule has 0 saturated carbocycles. The van der Waals surface area contributed by atoms with Crippen molar-refractivity contribution in [3.8, 4) is 0 Å². The van der Waals surface area contributed by atoms with Gasteiger partial charge in [0.1, 0.15) is 0 Å². The van der Waals surface area contributed by atoms with Gasteiger partial charge < -0.3 is 4.90 Å². The van der Waals surface area contributed by atoms with E-state index >= 15 is 0 Å². The Bertz CT molecular complexity index is 722. The van der Waals surface area contributed by atoms with Gasteiger partial charge in [0.25, 0.3) is 5.91 Å². The third kappa shape index (κ3) is 3.10. The molecule has 1 saturated heterocycles. The molecule has 1 fully saturated rings. The first-order valence-electron chi connectivity index (χ1n) is 9.28. The van der Waals surface area contributed by atoms with Gasteiger partial charge in [-0.3, -0.25) is 4.79 Å². The Labute approximate surface area is 144 Å². The number of hydrogen-bond donors (Lipinski definition) is 0. The fourth-order valence-electron chi connectivity index (χ4n) is 4.25. The highest BCUT2D eigenvalue weighted by molar-refractivity contribution is 5.95. The molecule has 0 N–H and O–H groups in total. The summed E-state index contributed by atoms with van der Waals surface area (Å²) in [6.07, 6.45) is 7.94. The van der Waals surface area contributed by atoms with Gasteiger partial charge in [0.2, 0.25) is 0 Å². The van der Waals surface area contributed by atoms with Crippen LogP contribution < -0.4 is 0 Å². The maximum Gasteiger partial charge on any atom is 0.254 e. The van der Waals surface area contributed by atoms with E-state index in [-0.39, 0.29) is 5.91 Å². The van der Waals surface area contributed by atoms with Crippen LogP contribution in [-0.4, -0.2) is 23.4 Å². The zero-order valence-corrected chi connectivity index (χ0v) is 14.2. The largest absolute Gasteiger partial charge is 0.336 e. The zero-order valence-electron chi connectivity index (χ0n) is 14.2. The van der Waals surface area contributed by atoms with Crippen molar-refractivity contribution in [2.45, 2.75) is 51.0 Å².